The van der Waals surface area contributed by atoms with E-state index in [1.54, 1.807) is 6.92 Å². The van der Waals surface area contributed by atoms with Crippen molar-refractivity contribution in [2.24, 2.45) is 62.6 Å². The Balaban J connectivity index is 0.881. The van der Waals surface area contributed by atoms with Gasteiger partial charge in [0.1, 0.15) is 73.2 Å². The summed E-state index contributed by atoms with van der Waals surface area (Å²) in [6.07, 6.45) is -19.7. The first kappa shape index (κ1) is 58.6. The van der Waals surface area contributed by atoms with Crippen molar-refractivity contribution in [2.45, 2.75) is 229 Å². The fourth-order valence-corrected chi connectivity index (χ4v) is 16.7. The van der Waals surface area contributed by atoms with E-state index in [9.17, 15) is 76.0 Å². The first-order chi connectivity index (χ1) is 35.5. The molecule has 6 aliphatic carbocycles. The minimum absolute atomic E-state index is 0.0562. The molecule has 3 aliphatic heterocycles. The lowest BCUT2D eigenvalue weighted by Crippen LogP contribution is -2.65. The molecule has 29 atom stereocenters. The average molecular weight is 1090 g/mol. The molecule has 8 fully saturated rings. The molecule has 13 N–H and O–H groups in total. The highest BCUT2D eigenvalue weighted by Crippen LogP contribution is 2.75. The summed E-state index contributed by atoms with van der Waals surface area (Å²) in [6, 6.07) is 0. The molecule has 22 nitrogen and oxygen atoms in total. The SMILES string of the molecule is C[C@@H]1O[C@@H](O[C@@H]2[C@@H](CO)C[C@H](OC[C@H]3O[C@@H](OC(=O)[C@H]4C[C@@](C)(C(=O)O)C[C@@H]5C6=CC[C@@H]7[C@]8(C)CC[C@@H](O[C@@H]9OC[C@@H](O)[C@H](O)[C@H]9O)C(C)(C)[C@H]8CC[C@@]7(C)[C@]6(C)CC[C@H]45)[C@H](O)[C@@H](O)[C@@H]3O)[C@H](O)[C@H]2O)[C@H](O)[C@H](O)[C@H]1O. The summed E-state index contributed by atoms with van der Waals surface area (Å²) in [5.74, 6) is -3.91. The number of rotatable bonds is 11. The standard InChI is InChI=1S/C54H86O22/c1-22-34(57)38(61)42(65)47(72-22)75-44-23(19-55)16-29(36(59)40(44)63)70-21-30-37(60)39(62)43(66)48(73-30)76-45(67)26-18-51(4,49(68)69)17-25-24(26)10-14-53(6)27(25)8-9-32-52(5)13-12-33(50(2,3)31(52)11-15-54(32,53)7)74-46-41(64)35(58)28(56)20-71-46/h8,22-26,28-44,46-48,55-66H,9-21H2,1-7H3,(H,68,69)/t22-,23+,24-,25-,26-,28+,29-,30+,31+,32+,33+,34-,35-,36-,37+,38+,39-,40+,41+,42+,43+,44+,46-,47-,48-,51-,52+,53+,54+/m0/s1. The van der Waals surface area contributed by atoms with Gasteiger partial charge in [-0.25, -0.2) is 0 Å². The first-order valence-corrected chi connectivity index (χ1v) is 27.6. The van der Waals surface area contributed by atoms with Gasteiger partial charge in [0.25, 0.3) is 0 Å². The van der Waals surface area contributed by atoms with Crippen LogP contribution >= 0.6 is 0 Å². The van der Waals surface area contributed by atoms with Crippen LogP contribution in [0.1, 0.15) is 113 Å². The lowest BCUT2D eigenvalue weighted by Gasteiger charge is -2.71. The van der Waals surface area contributed by atoms with E-state index in [-0.39, 0.29) is 70.9 Å². The fourth-order valence-electron chi connectivity index (χ4n) is 16.7. The van der Waals surface area contributed by atoms with E-state index in [2.05, 4.69) is 40.7 Å². The monoisotopic (exact) mass is 1090 g/mol. The maximum absolute atomic E-state index is 14.7. The summed E-state index contributed by atoms with van der Waals surface area (Å²) in [7, 11) is 0. The van der Waals surface area contributed by atoms with Crippen molar-refractivity contribution in [1.82, 2.24) is 0 Å². The van der Waals surface area contributed by atoms with Crippen LogP contribution in [0.15, 0.2) is 11.6 Å². The molecule has 76 heavy (non-hydrogen) atoms. The number of allylic oxidation sites excluding steroid dienone is 2. The van der Waals surface area contributed by atoms with Crippen LogP contribution < -0.4 is 0 Å². The Morgan fingerprint density at radius 3 is 2.05 bits per heavy atom. The highest BCUT2D eigenvalue weighted by molar-refractivity contribution is 5.78. The first-order valence-electron chi connectivity index (χ1n) is 27.6. The molecule has 9 aliphatic rings. The van der Waals surface area contributed by atoms with Crippen LogP contribution in [0.5, 0.6) is 0 Å². The molecule has 0 aromatic rings. The number of ether oxygens (including phenoxy) is 7. The van der Waals surface area contributed by atoms with Gasteiger partial charge in [0.2, 0.25) is 6.29 Å². The zero-order valence-electron chi connectivity index (χ0n) is 44.7. The van der Waals surface area contributed by atoms with E-state index in [0.29, 0.717) is 19.3 Å². The molecule has 0 spiro atoms. The van der Waals surface area contributed by atoms with Crippen molar-refractivity contribution in [2.75, 3.05) is 19.8 Å². The molecule has 9 rings (SSSR count). The van der Waals surface area contributed by atoms with Gasteiger partial charge in [-0.15, -0.1) is 0 Å². The molecule has 0 bridgehead atoms. The molecule has 3 heterocycles. The summed E-state index contributed by atoms with van der Waals surface area (Å²) in [5.41, 5.74) is -1.22. The van der Waals surface area contributed by atoms with Crippen LogP contribution in [0, 0.1) is 62.6 Å². The van der Waals surface area contributed by atoms with Crippen LogP contribution in [0.3, 0.4) is 0 Å². The number of carbonyl (C=O) groups is 2. The van der Waals surface area contributed by atoms with Gasteiger partial charge in [0.15, 0.2) is 12.6 Å². The number of aliphatic hydroxyl groups excluding tert-OH is 12. The summed E-state index contributed by atoms with van der Waals surface area (Å²) in [6.45, 7) is 13.3. The number of esters is 1. The highest BCUT2D eigenvalue weighted by atomic mass is 16.7. The van der Waals surface area contributed by atoms with E-state index in [1.165, 1.54) is 6.92 Å². The molecule has 0 amide bonds. The Morgan fingerprint density at radius 1 is 0.697 bits per heavy atom. The van der Waals surface area contributed by atoms with E-state index >= 15 is 0 Å². The number of hydrogen-bond donors (Lipinski definition) is 13. The maximum atomic E-state index is 14.7. The second kappa shape index (κ2) is 21.4. The number of fused-ring (bicyclic) bond motifs is 7. The van der Waals surface area contributed by atoms with Gasteiger partial charge < -0.3 is 99.5 Å². The van der Waals surface area contributed by atoms with Crippen molar-refractivity contribution in [3.8, 4) is 0 Å². The molecule has 22 heteroatoms. The zero-order valence-corrected chi connectivity index (χ0v) is 44.7. The van der Waals surface area contributed by atoms with Gasteiger partial charge in [0.05, 0.1) is 49.0 Å². The predicted molar refractivity (Wildman–Crippen MR) is 261 cm³/mol. The normalized spacial score (nSPS) is 54.2. The topological polar surface area (TPSA) is 362 Å². The van der Waals surface area contributed by atoms with Crippen LogP contribution in [0.25, 0.3) is 0 Å². The van der Waals surface area contributed by atoms with E-state index in [0.717, 1.165) is 37.7 Å². The van der Waals surface area contributed by atoms with Gasteiger partial charge in [-0.3, -0.25) is 9.59 Å². The van der Waals surface area contributed by atoms with Gasteiger partial charge in [-0.2, -0.15) is 0 Å². The third-order valence-electron chi connectivity index (χ3n) is 21.6. The maximum Gasteiger partial charge on any atom is 0.311 e. The van der Waals surface area contributed by atoms with Crippen molar-refractivity contribution >= 4 is 11.9 Å². The van der Waals surface area contributed by atoms with E-state index in [1.807, 2.05) is 0 Å². The number of carboxylic acid groups (broad SMARTS) is 1. The second-order valence-electron chi connectivity index (χ2n) is 26.0. The Kier molecular flexibility index (Phi) is 16.5. The number of aliphatic carboxylic acids is 1. The minimum Gasteiger partial charge on any atom is -0.481 e. The third-order valence-corrected chi connectivity index (χ3v) is 21.6. The predicted octanol–water partition coefficient (Wildman–Crippen LogP) is -0.784. The summed E-state index contributed by atoms with van der Waals surface area (Å²) in [5, 5.41) is 139. The van der Waals surface area contributed by atoms with Crippen molar-refractivity contribution in [1.29, 1.82) is 0 Å². The van der Waals surface area contributed by atoms with Gasteiger partial charge in [0, 0.05) is 12.5 Å². The third kappa shape index (κ3) is 9.63. The summed E-state index contributed by atoms with van der Waals surface area (Å²) < 4.78 is 41.2. The van der Waals surface area contributed by atoms with Crippen LogP contribution in [-0.4, -0.2) is 215 Å². The van der Waals surface area contributed by atoms with Crippen molar-refractivity contribution in [3.63, 3.8) is 0 Å². The fraction of sp³-hybridized carbons (Fsp3) is 0.926. The van der Waals surface area contributed by atoms with Crippen LogP contribution in [0.2, 0.25) is 0 Å². The molecular formula is C54H86O22. The Bertz CT molecular complexity index is 2130. The largest absolute Gasteiger partial charge is 0.481 e. The van der Waals surface area contributed by atoms with Crippen LogP contribution in [0.4, 0.5) is 0 Å². The zero-order chi connectivity index (χ0) is 55.5. The summed E-state index contributed by atoms with van der Waals surface area (Å²) >= 11 is 0. The van der Waals surface area contributed by atoms with Gasteiger partial charge in [-0.1, -0.05) is 46.3 Å². The van der Waals surface area contributed by atoms with E-state index in [4.69, 9.17) is 33.2 Å². The number of carbonyl (C=O) groups excluding carboxylic acids is 1. The number of aliphatic hydroxyl groups is 12. The lowest BCUT2D eigenvalue weighted by atomic mass is 9.34. The smallest absolute Gasteiger partial charge is 0.311 e. The van der Waals surface area contributed by atoms with Gasteiger partial charge >= 0.3 is 11.9 Å². The Hall–Kier alpha value is -2.04. The molecule has 3 saturated heterocycles. The quantitative estimate of drug-likeness (QED) is 0.0685. The molecule has 434 valence electrons. The van der Waals surface area contributed by atoms with Gasteiger partial charge in [-0.05, 0) is 123 Å². The Labute approximate surface area is 443 Å². The molecule has 0 aromatic carbocycles. The van der Waals surface area contributed by atoms with E-state index < -0.39 is 153 Å². The molecule has 5 saturated carbocycles. The minimum atomic E-state index is -1.93. The van der Waals surface area contributed by atoms with Crippen molar-refractivity contribution < 1.29 is 109 Å². The average Bonchev–Trinajstić information content (AvgIpc) is 3.53. The molecule has 0 aromatic heterocycles. The molecular weight excluding hydrogens is 1000 g/mol. The van der Waals surface area contributed by atoms with Crippen LogP contribution in [-0.2, 0) is 42.7 Å². The number of hydrogen-bond acceptors (Lipinski definition) is 21. The summed E-state index contributed by atoms with van der Waals surface area (Å²) in [4.78, 5) is 27.9. The lowest BCUT2D eigenvalue weighted by molar-refractivity contribution is -0.327. The second-order valence-corrected chi connectivity index (χ2v) is 26.0. The number of carboxylic acids is 1. The molecule has 0 unspecified atom stereocenters. The highest BCUT2D eigenvalue weighted by Gasteiger charge is 2.69. The van der Waals surface area contributed by atoms with Crippen molar-refractivity contribution in [3.05, 3.63) is 11.6 Å². The Morgan fingerprint density at radius 2 is 1.37 bits per heavy atom. The molecule has 0 radical (unpaired) electrons.